The van der Waals surface area contributed by atoms with E-state index in [1.54, 1.807) is 49.4 Å². The van der Waals surface area contributed by atoms with Crippen molar-refractivity contribution < 1.29 is 23.9 Å². The lowest BCUT2D eigenvalue weighted by Gasteiger charge is -2.08. The first-order valence-corrected chi connectivity index (χ1v) is 8.78. The molecule has 0 atom stereocenters. The Morgan fingerprint density at radius 2 is 1.68 bits per heavy atom. The summed E-state index contributed by atoms with van der Waals surface area (Å²) in [5, 5.41) is 0.601. The molecule has 0 aliphatic heterocycles. The van der Waals surface area contributed by atoms with Gasteiger partial charge in [-0.1, -0.05) is 23.7 Å². The third-order valence-electron chi connectivity index (χ3n) is 3.36. The summed E-state index contributed by atoms with van der Waals surface area (Å²) in [6.45, 7) is 1.71. The van der Waals surface area contributed by atoms with Crippen molar-refractivity contribution >= 4 is 35.5 Å². The van der Waals surface area contributed by atoms with Gasteiger partial charge in [0.2, 0.25) is 0 Å². The summed E-state index contributed by atoms with van der Waals surface area (Å²) in [6.07, 6.45) is 2.86. The van der Waals surface area contributed by atoms with Crippen molar-refractivity contribution in [3.63, 3.8) is 0 Å². The number of halogens is 1. The summed E-state index contributed by atoms with van der Waals surface area (Å²) in [6, 6.07) is 13.1. The van der Waals surface area contributed by atoms with Crippen molar-refractivity contribution in [2.75, 3.05) is 13.2 Å². The summed E-state index contributed by atoms with van der Waals surface area (Å²) in [5.41, 5.74) is 5.66. The normalized spacial score (nSPS) is 10.4. The van der Waals surface area contributed by atoms with E-state index in [-0.39, 0.29) is 13.2 Å². The summed E-state index contributed by atoms with van der Waals surface area (Å²) in [5.74, 6) is -1.07. The molecule has 0 fully saturated rings. The first-order valence-electron chi connectivity index (χ1n) is 8.40. The molecule has 0 spiro atoms. The van der Waals surface area contributed by atoms with Crippen molar-refractivity contribution in [3.05, 3.63) is 70.8 Å². The number of amides is 2. The number of rotatable bonds is 7. The van der Waals surface area contributed by atoms with Crippen molar-refractivity contribution in [1.82, 2.24) is 10.9 Å². The summed E-state index contributed by atoms with van der Waals surface area (Å²) in [4.78, 5) is 35.0. The summed E-state index contributed by atoms with van der Waals surface area (Å²) < 4.78 is 10.2. The number of carbonyl (C=O) groups excluding carboxylic acids is 3. The Hall–Kier alpha value is -3.32. The summed E-state index contributed by atoms with van der Waals surface area (Å²) >= 11 is 5.78. The molecule has 2 rings (SSSR count). The van der Waals surface area contributed by atoms with Crippen LogP contribution in [0.2, 0.25) is 5.02 Å². The summed E-state index contributed by atoms with van der Waals surface area (Å²) in [7, 11) is 0. The minimum atomic E-state index is -0.539. The van der Waals surface area contributed by atoms with Gasteiger partial charge in [0.1, 0.15) is 5.75 Å². The van der Waals surface area contributed by atoms with E-state index in [2.05, 4.69) is 10.9 Å². The molecule has 28 heavy (non-hydrogen) atoms. The van der Waals surface area contributed by atoms with Gasteiger partial charge < -0.3 is 9.47 Å². The van der Waals surface area contributed by atoms with Gasteiger partial charge in [0.15, 0.2) is 6.61 Å². The SMILES string of the molecule is CCOC(=O)c1ccc(OCC(=O)NNC(=O)/C=C/c2ccc(Cl)cc2)cc1. The molecule has 0 bridgehead atoms. The zero-order valence-corrected chi connectivity index (χ0v) is 15.9. The van der Waals surface area contributed by atoms with Crippen molar-refractivity contribution in [3.8, 4) is 5.75 Å². The Labute approximate surface area is 167 Å². The second kappa shape index (κ2) is 10.7. The second-order valence-corrected chi connectivity index (χ2v) is 5.89. The molecule has 0 unspecified atom stereocenters. The number of carbonyl (C=O) groups is 3. The van der Waals surface area contributed by atoms with Crippen LogP contribution in [0.25, 0.3) is 6.08 Å². The van der Waals surface area contributed by atoms with Gasteiger partial charge >= 0.3 is 5.97 Å². The van der Waals surface area contributed by atoms with Crippen LogP contribution in [0.3, 0.4) is 0 Å². The van der Waals surface area contributed by atoms with Crippen LogP contribution in [0.1, 0.15) is 22.8 Å². The van der Waals surface area contributed by atoms with E-state index in [0.717, 1.165) is 5.56 Å². The van der Waals surface area contributed by atoms with Crippen LogP contribution >= 0.6 is 11.6 Å². The Morgan fingerprint density at radius 1 is 1.00 bits per heavy atom. The Kier molecular flexibility index (Phi) is 8.05. The number of esters is 1. The number of nitrogens with one attached hydrogen (secondary N) is 2. The highest BCUT2D eigenvalue weighted by Gasteiger charge is 2.07. The zero-order chi connectivity index (χ0) is 20.4. The van der Waals surface area contributed by atoms with Gasteiger partial charge in [-0.05, 0) is 55.0 Å². The Bertz CT molecular complexity index is 848. The first kappa shape index (κ1) is 21.0. The van der Waals surface area contributed by atoms with E-state index >= 15 is 0 Å². The van der Waals surface area contributed by atoms with E-state index in [4.69, 9.17) is 21.1 Å². The van der Waals surface area contributed by atoms with Crippen molar-refractivity contribution in [1.29, 1.82) is 0 Å². The van der Waals surface area contributed by atoms with E-state index in [9.17, 15) is 14.4 Å². The topological polar surface area (TPSA) is 93.7 Å². The van der Waals surface area contributed by atoms with Gasteiger partial charge in [-0.25, -0.2) is 4.79 Å². The molecule has 146 valence electrons. The van der Waals surface area contributed by atoms with Crippen LogP contribution in [0, 0.1) is 0 Å². The van der Waals surface area contributed by atoms with Crippen LogP contribution in [-0.2, 0) is 14.3 Å². The molecule has 2 aromatic carbocycles. The smallest absolute Gasteiger partial charge is 0.338 e. The van der Waals surface area contributed by atoms with Crippen LogP contribution < -0.4 is 15.6 Å². The molecular formula is C20H19ClN2O5. The highest BCUT2D eigenvalue weighted by Crippen LogP contribution is 2.13. The number of hydrogen-bond acceptors (Lipinski definition) is 5. The van der Waals surface area contributed by atoms with Crippen LogP contribution in [0.4, 0.5) is 0 Å². The van der Waals surface area contributed by atoms with Crippen molar-refractivity contribution in [2.45, 2.75) is 6.92 Å². The average molecular weight is 403 g/mol. The molecular weight excluding hydrogens is 384 g/mol. The van der Waals surface area contributed by atoms with Gasteiger partial charge in [0.25, 0.3) is 11.8 Å². The largest absolute Gasteiger partial charge is 0.484 e. The highest BCUT2D eigenvalue weighted by atomic mass is 35.5. The molecule has 0 heterocycles. The predicted octanol–water partition coefficient (Wildman–Crippen LogP) is 2.76. The molecule has 2 amide bonds. The molecule has 0 saturated heterocycles. The maximum atomic E-state index is 11.7. The van der Waals surface area contributed by atoms with Gasteiger partial charge in [-0.2, -0.15) is 0 Å². The van der Waals surface area contributed by atoms with E-state index in [1.807, 2.05) is 0 Å². The van der Waals surface area contributed by atoms with Gasteiger partial charge in [-0.15, -0.1) is 0 Å². The molecule has 8 heteroatoms. The quantitative estimate of drug-likeness (QED) is 0.422. The minimum absolute atomic E-state index is 0.290. The third-order valence-corrected chi connectivity index (χ3v) is 3.61. The maximum Gasteiger partial charge on any atom is 0.338 e. The first-order chi connectivity index (χ1) is 13.5. The number of ether oxygens (including phenoxy) is 2. The average Bonchev–Trinajstić information content (AvgIpc) is 2.71. The van der Waals surface area contributed by atoms with Crippen LogP contribution in [-0.4, -0.2) is 31.0 Å². The van der Waals surface area contributed by atoms with E-state index in [1.165, 1.54) is 18.2 Å². The number of hydrogen-bond donors (Lipinski definition) is 2. The lowest BCUT2D eigenvalue weighted by atomic mass is 10.2. The predicted molar refractivity (Wildman–Crippen MR) is 105 cm³/mol. The Balaban J connectivity index is 1.72. The molecule has 0 aliphatic rings. The third kappa shape index (κ3) is 7.13. The lowest BCUT2D eigenvalue weighted by Crippen LogP contribution is -2.43. The zero-order valence-electron chi connectivity index (χ0n) is 15.1. The molecule has 0 aliphatic carbocycles. The lowest BCUT2D eigenvalue weighted by molar-refractivity contribution is -0.128. The van der Waals surface area contributed by atoms with E-state index < -0.39 is 17.8 Å². The highest BCUT2D eigenvalue weighted by molar-refractivity contribution is 6.30. The van der Waals surface area contributed by atoms with Gasteiger partial charge in [-0.3, -0.25) is 20.4 Å². The fraction of sp³-hybridized carbons (Fsp3) is 0.150. The maximum absolute atomic E-state index is 11.7. The fourth-order valence-corrected chi connectivity index (χ4v) is 2.13. The Morgan fingerprint density at radius 3 is 2.32 bits per heavy atom. The second-order valence-electron chi connectivity index (χ2n) is 5.46. The molecule has 0 aromatic heterocycles. The molecule has 7 nitrogen and oxygen atoms in total. The standard InChI is InChI=1S/C20H19ClN2O5/c1-2-27-20(26)15-6-10-17(11-7-15)28-13-19(25)23-22-18(24)12-5-14-3-8-16(21)9-4-14/h3-12H,2,13H2,1H3,(H,22,24)(H,23,25)/b12-5+. The monoisotopic (exact) mass is 402 g/mol. The minimum Gasteiger partial charge on any atom is -0.484 e. The fourth-order valence-electron chi connectivity index (χ4n) is 2.01. The number of benzene rings is 2. The van der Waals surface area contributed by atoms with E-state index in [0.29, 0.717) is 16.3 Å². The van der Waals surface area contributed by atoms with Crippen molar-refractivity contribution in [2.24, 2.45) is 0 Å². The molecule has 2 aromatic rings. The van der Waals surface area contributed by atoms with Gasteiger partial charge in [0, 0.05) is 11.1 Å². The van der Waals surface area contributed by atoms with Crippen LogP contribution in [0.5, 0.6) is 5.75 Å². The van der Waals surface area contributed by atoms with Crippen LogP contribution in [0.15, 0.2) is 54.6 Å². The molecule has 2 N–H and O–H groups in total. The molecule has 0 saturated carbocycles. The number of hydrazine groups is 1. The van der Waals surface area contributed by atoms with Gasteiger partial charge in [0.05, 0.1) is 12.2 Å². The molecule has 0 radical (unpaired) electrons.